The van der Waals surface area contributed by atoms with E-state index in [0.717, 1.165) is 0 Å². The van der Waals surface area contributed by atoms with E-state index >= 15 is 0 Å². The van der Waals surface area contributed by atoms with Crippen molar-refractivity contribution in [3.63, 3.8) is 0 Å². The van der Waals surface area contributed by atoms with Crippen LogP contribution in [0.3, 0.4) is 0 Å². The van der Waals surface area contributed by atoms with Crippen molar-refractivity contribution in [2.24, 2.45) is 0 Å². The molecule has 8 heteroatoms. The van der Waals surface area contributed by atoms with E-state index in [-0.39, 0.29) is 19.0 Å². The van der Waals surface area contributed by atoms with Crippen LogP contribution in [0.15, 0.2) is 36.4 Å². The van der Waals surface area contributed by atoms with Gasteiger partial charge in [-0.3, -0.25) is 4.79 Å². The molecule has 0 radical (unpaired) electrons. The van der Waals surface area contributed by atoms with Crippen LogP contribution in [0, 0.1) is 0 Å². The van der Waals surface area contributed by atoms with Gasteiger partial charge in [0.1, 0.15) is 12.3 Å². The first-order valence-electron chi connectivity index (χ1n) is 7.35. The lowest BCUT2D eigenvalue weighted by molar-refractivity contribution is -0.133. The largest absolute Gasteiger partial charge is 0.495 e. The van der Waals surface area contributed by atoms with Crippen LogP contribution in [0.25, 0.3) is 0 Å². The molecule has 0 spiro atoms. The number of carbonyl (C=O) groups excluding carboxylic acids is 2. The molecule has 25 heavy (non-hydrogen) atoms. The number of ether oxygens (including phenoxy) is 2. The molecule has 6 nitrogen and oxygen atoms in total. The highest BCUT2D eigenvalue weighted by Crippen LogP contribution is 2.34. The minimum atomic E-state index is -0.435. The molecule has 2 aromatic rings. The maximum Gasteiger partial charge on any atom is 0.331 e. The van der Waals surface area contributed by atoms with Gasteiger partial charge in [0.15, 0.2) is 5.75 Å². The molecule has 0 bridgehead atoms. The third-order valence-electron chi connectivity index (χ3n) is 3.58. The van der Waals surface area contributed by atoms with Crippen LogP contribution in [-0.4, -0.2) is 32.1 Å². The van der Waals surface area contributed by atoms with Gasteiger partial charge >= 0.3 is 5.97 Å². The van der Waals surface area contributed by atoms with Gasteiger partial charge in [-0.05, 0) is 36.4 Å². The predicted molar refractivity (Wildman–Crippen MR) is 95.9 cm³/mol. The summed E-state index contributed by atoms with van der Waals surface area (Å²) in [7, 11) is 1.51. The molecule has 1 N–H and O–H groups in total. The van der Waals surface area contributed by atoms with E-state index < -0.39 is 5.97 Å². The van der Waals surface area contributed by atoms with Crippen molar-refractivity contribution in [1.82, 2.24) is 0 Å². The fourth-order valence-electron chi connectivity index (χ4n) is 2.48. The minimum Gasteiger partial charge on any atom is -0.495 e. The first-order valence-corrected chi connectivity index (χ1v) is 8.10. The zero-order valence-corrected chi connectivity index (χ0v) is 14.7. The van der Waals surface area contributed by atoms with Crippen molar-refractivity contribution in [2.75, 3.05) is 30.4 Å². The van der Waals surface area contributed by atoms with Crippen LogP contribution >= 0.6 is 23.2 Å². The first-order chi connectivity index (χ1) is 12.0. The summed E-state index contributed by atoms with van der Waals surface area (Å²) in [6.07, 6.45) is 0. The highest BCUT2D eigenvalue weighted by molar-refractivity contribution is 6.32. The summed E-state index contributed by atoms with van der Waals surface area (Å²) < 4.78 is 10.2. The highest BCUT2D eigenvalue weighted by Gasteiger charge is 2.26. The number of carbonyl (C=O) groups is 2. The van der Waals surface area contributed by atoms with E-state index in [2.05, 4.69) is 5.32 Å². The number of nitrogens with one attached hydrogen (secondary N) is 1. The van der Waals surface area contributed by atoms with Crippen LogP contribution in [0.2, 0.25) is 10.0 Å². The monoisotopic (exact) mass is 380 g/mol. The molecule has 0 saturated heterocycles. The van der Waals surface area contributed by atoms with Crippen LogP contribution in [-0.2, 0) is 9.59 Å². The standard InChI is InChI=1S/C17H14Cl2N2O4/c1-24-14-5-3-11(7-12(14)19)20-16(22)8-21-9-17(23)25-15-4-2-10(18)6-13(15)21/h2-7H,8-9H2,1H3,(H,20,22). The smallest absolute Gasteiger partial charge is 0.331 e. The summed E-state index contributed by atoms with van der Waals surface area (Å²) in [5.41, 5.74) is 1.12. The van der Waals surface area contributed by atoms with Gasteiger partial charge in [0.2, 0.25) is 5.91 Å². The number of methoxy groups -OCH3 is 1. The molecule has 130 valence electrons. The van der Waals surface area contributed by atoms with Gasteiger partial charge in [-0.25, -0.2) is 4.79 Å². The summed E-state index contributed by atoms with van der Waals surface area (Å²) >= 11 is 12.0. The number of benzene rings is 2. The van der Waals surface area contributed by atoms with Crippen molar-refractivity contribution in [3.8, 4) is 11.5 Å². The van der Waals surface area contributed by atoms with Crippen molar-refractivity contribution in [3.05, 3.63) is 46.4 Å². The zero-order valence-electron chi connectivity index (χ0n) is 13.2. The van der Waals surface area contributed by atoms with Gasteiger partial charge in [-0.1, -0.05) is 23.2 Å². The second-order valence-corrected chi connectivity index (χ2v) is 6.18. The second kappa shape index (κ2) is 7.21. The number of hydrogen-bond donors (Lipinski definition) is 1. The van der Waals surface area contributed by atoms with Gasteiger partial charge in [-0.15, -0.1) is 0 Å². The van der Waals surface area contributed by atoms with Crippen molar-refractivity contribution in [1.29, 1.82) is 0 Å². The molecule has 0 saturated carbocycles. The van der Waals surface area contributed by atoms with Crippen LogP contribution < -0.4 is 19.7 Å². The maximum atomic E-state index is 12.3. The summed E-state index contributed by atoms with van der Waals surface area (Å²) in [5, 5.41) is 3.61. The Kier molecular flexibility index (Phi) is 5.01. The van der Waals surface area contributed by atoms with E-state index in [1.54, 1.807) is 41.3 Å². The number of halogens is 2. The Hall–Kier alpha value is -2.44. The van der Waals surface area contributed by atoms with E-state index in [1.807, 2.05) is 0 Å². The number of rotatable bonds is 4. The second-order valence-electron chi connectivity index (χ2n) is 5.34. The molecule has 0 aromatic heterocycles. The van der Waals surface area contributed by atoms with Crippen LogP contribution in [0.4, 0.5) is 11.4 Å². The molecule has 0 fully saturated rings. The number of hydrogen-bond acceptors (Lipinski definition) is 5. The molecule has 1 heterocycles. The molecular weight excluding hydrogens is 367 g/mol. The van der Waals surface area contributed by atoms with Crippen LogP contribution in [0.5, 0.6) is 11.5 Å². The van der Waals surface area contributed by atoms with Gasteiger partial charge < -0.3 is 19.7 Å². The Labute approximate surface area is 154 Å². The SMILES string of the molecule is COc1ccc(NC(=O)CN2CC(=O)Oc3ccc(Cl)cc32)cc1Cl. The Bertz CT molecular complexity index is 841. The fraction of sp³-hybridized carbons (Fsp3) is 0.176. The van der Waals surface area contributed by atoms with Gasteiger partial charge in [-0.2, -0.15) is 0 Å². The Morgan fingerprint density at radius 2 is 2.08 bits per heavy atom. The Morgan fingerprint density at radius 3 is 2.80 bits per heavy atom. The fourth-order valence-corrected chi connectivity index (χ4v) is 2.90. The molecule has 0 atom stereocenters. The quantitative estimate of drug-likeness (QED) is 0.650. The summed E-state index contributed by atoms with van der Waals surface area (Å²) in [6, 6.07) is 9.80. The molecule has 0 aliphatic carbocycles. The van der Waals surface area contributed by atoms with Gasteiger partial charge in [0.25, 0.3) is 0 Å². The number of amides is 1. The normalized spacial score (nSPS) is 13.1. The number of nitrogens with zero attached hydrogens (tertiary/aromatic N) is 1. The average Bonchev–Trinajstić information content (AvgIpc) is 2.55. The molecule has 1 aliphatic rings. The Morgan fingerprint density at radius 1 is 1.28 bits per heavy atom. The van der Waals surface area contributed by atoms with E-state index in [1.165, 1.54) is 7.11 Å². The van der Waals surface area contributed by atoms with E-state index in [0.29, 0.717) is 32.9 Å². The third-order valence-corrected chi connectivity index (χ3v) is 4.11. The molecule has 3 rings (SSSR count). The van der Waals surface area contributed by atoms with E-state index in [9.17, 15) is 9.59 Å². The lowest BCUT2D eigenvalue weighted by Crippen LogP contribution is -2.41. The minimum absolute atomic E-state index is 0.0356. The van der Waals surface area contributed by atoms with Gasteiger partial charge in [0.05, 0.1) is 24.4 Å². The van der Waals surface area contributed by atoms with Crippen molar-refractivity contribution < 1.29 is 19.1 Å². The van der Waals surface area contributed by atoms with Crippen LogP contribution in [0.1, 0.15) is 0 Å². The maximum absolute atomic E-state index is 12.3. The van der Waals surface area contributed by atoms with Crippen molar-refractivity contribution in [2.45, 2.75) is 0 Å². The van der Waals surface area contributed by atoms with Gasteiger partial charge in [0, 0.05) is 10.7 Å². The van der Waals surface area contributed by atoms with Crippen molar-refractivity contribution >= 4 is 46.5 Å². The molecule has 0 unspecified atom stereocenters. The zero-order chi connectivity index (χ0) is 18.0. The number of esters is 1. The molecular formula is C17H14Cl2N2O4. The predicted octanol–water partition coefficient (Wildman–Crippen LogP) is 3.37. The first kappa shape index (κ1) is 17.4. The lowest BCUT2D eigenvalue weighted by atomic mass is 10.2. The third kappa shape index (κ3) is 3.97. The Balaban J connectivity index is 1.74. The average molecular weight is 381 g/mol. The number of fused-ring (bicyclic) bond motifs is 1. The summed E-state index contributed by atoms with van der Waals surface area (Å²) in [6.45, 7) is -0.0732. The summed E-state index contributed by atoms with van der Waals surface area (Å²) in [5.74, 6) is 0.153. The molecule has 1 aliphatic heterocycles. The van der Waals surface area contributed by atoms with E-state index in [4.69, 9.17) is 32.7 Å². The molecule has 1 amide bonds. The lowest BCUT2D eigenvalue weighted by Gasteiger charge is -2.29. The summed E-state index contributed by atoms with van der Waals surface area (Å²) in [4.78, 5) is 25.7. The molecule has 2 aromatic carbocycles. The number of anilines is 2. The highest BCUT2D eigenvalue weighted by atomic mass is 35.5. The topological polar surface area (TPSA) is 67.9 Å².